The van der Waals surface area contributed by atoms with Crippen LogP contribution in [0.5, 0.6) is 0 Å². The minimum Gasteiger partial charge on any atom is -0.478 e. The first-order valence-electron chi connectivity index (χ1n) is 9.83. The van der Waals surface area contributed by atoms with E-state index in [1.807, 2.05) is 6.07 Å². The molecule has 1 atom stereocenters. The molecule has 1 aromatic rings. The molecule has 1 spiro atoms. The second-order valence-electron chi connectivity index (χ2n) is 8.17. The first-order chi connectivity index (χ1) is 12.6. The zero-order valence-corrected chi connectivity index (χ0v) is 15.7. The maximum absolute atomic E-state index is 11.8. The van der Waals surface area contributed by atoms with E-state index in [0.717, 1.165) is 76.3 Å². The lowest BCUT2D eigenvalue weighted by Gasteiger charge is -2.40. The highest BCUT2D eigenvalue weighted by Gasteiger charge is 2.42. The van der Waals surface area contributed by atoms with Crippen molar-refractivity contribution < 1.29 is 14.6 Å². The largest absolute Gasteiger partial charge is 0.478 e. The van der Waals surface area contributed by atoms with Crippen molar-refractivity contribution in [2.75, 3.05) is 51.3 Å². The Labute approximate surface area is 155 Å². The van der Waals surface area contributed by atoms with E-state index in [2.05, 4.69) is 9.80 Å². The minimum absolute atomic E-state index is 0.266. The first kappa shape index (κ1) is 17.7. The van der Waals surface area contributed by atoms with Gasteiger partial charge in [-0.3, -0.25) is 0 Å². The van der Waals surface area contributed by atoms with Gasteiger partial charge in [0.25, 0.3) is 0 Å². The third-order valence-corrected chi connectivity index (χ3v) is 6.35. The van der Waals surface area contributed by atoms with Gasteiger partial charge in [-0.2, -0.15) is 0 Å². The van der Waals surface area contributed by atoms with Gasteiger partial charge in [0.05, 0.1) is 6.61 Å². The summed E-state index contributed by atoms with van der Waals surface area (Å²) >= 11 is 0. The van der Waals surface area contributed by atoms with Crippen LogP contribution in [-0.4, -0.2) is 67.4 Å². The van der Waals surface area contributed by atoms with Crippen LogP contribution in [0.1, 0.15) is 47.3 Å². The summed E-state index contributed by atoms with van der Waals surface area (Å²) in [6.07, 6.45) is 6.58. The molecule has 1 N–H and O–H groups in total. The topological polar surface area (TPSA) is 65.9 Å². The van der Waals surface area contributed by atoms with Crippen LogP contribution in [0.2, 0.25) is 0 Å². The number of carboxylic acids is 1. The van der Waals surface area contributed by atoms with Gasteiger partial charge in [0, 0.05) is 44.4 Å². The summed E-state index contributed by atoms with van der Waals surface area (Å²) in [6, 6.07) is 1.88. The monoisotopic (exact) mass is 359 g/mol. The predicted molar refractivity (Wildman–Crippen MR) is 100 cm³/mol. The molecule has 6 nitrogen and oxygen atoms in total. The SMILES string of the molecule is COCCN1CCC[C@]2(CCN(c3nc4c(cc3C(=O)O)CCC4)C2)C1. The summed E-state index contributed by atoms with van der Waals surface area (Å²) in [5.41, 5.74) is 2.89. The van der Waals surface area contributed by atoms with Gasteiger partial charge >= 0.3 is 5.97 Å². The number of hydrogen-bond donors (Lipinski definition) is 1. The van der Waals surface area contributed by atoms with Gasteiger partial charge in [0.2, 0.25) is 0 Å². The van der Waals surface area contributed by atoms with Crippen LogP contribution < -0.4 is 4.90 Å². The first-order valence-corrected chi connectivity index (χ1v) is 9.83. The third-order valence-electron chi connectivity index (χ3n) is 6.35. The van der Waals surface area contributed by atoms with E-state index in [4.69, 9.17) is 9.72 Å². The Morgan fingerprint density at radius 2 is 2.15 bits per heavy atom. The van der Waals surface area contributed by atoms with Crippen LogP contribution in [0, 0.1) is 5.41 Å². The Kier molecular flexibility index (Phi) is 4.88. The second kappa shape index (κ2) is 7.16. The van der Waals surface area contributed by atoms with Crippen molar-refractivity contribution in [3.63, 3.8) is 0 Å². The molecule has 0 bridgehead atoms. The number of ether oxygens (including phenoxy) is 1. The van der Waals surface area contributed by atoms with Crippen LogP contribution in [0.4, 0.5) is 5.82 Å². The Morgan fingerprint density at radius 1 is 1.27 bits per heavy atom. The maximum atomic E-state index is 11.8. The van der Waals surface area contributed by atoms with Crippen molar-refractivity contribution in [1.82, 2.24) is 9.88 Å². The molecule has 6 heteroatoms. The average Bonchev–Trinajstić information content (AvgIpc) is 3.25. The molecule has 0 aromatic carbocycles. The van der Waals surface area contributed by atoms with E-state index in [1.165, 1.54) is 12.8 Å². The summed E-state index contributed by atoms with van der Waals surface area (Å²) in [4.78, 5) is 21.4. The Balaban J connectivity index is 1.54. The van der Waals surface area contributed by atoms with Crippen molar-refractivity contribution in [3.05, 3.63) is 22.9 Å². The lowest BCUT2D eigenvalue weighted by Crippen LogP contribution is -2.46. The number of nitrogens with zero attached hydrogens (tertiary/aromatic N) is 3. The van der Waals surface area contributed by atoms with Crippen molar-refractivity contribution in [3.8, 4) is 0 Å². The number of aryl methyl sites for hydroxylation is 2. The zero-order valence-electron chi connectivity index (χ0n) is 15.7. The Hall–Kier alpha value is -1.66. The van der Waals surface area contributed by atoms with Gasteiger partial charge in [-0.05, 0) is 56.7 Å². The molecule has 0 amide bonds. The molecule has 3 aliphatic rings. The molecular formula is C20H29N3O3. The van der Waals surface area contributed by atoms with Crippen LogP contribution in [0.15, 0.2) is 6.07 Å². The molecule has 4 rings (SSSR count). The number of anilines is 1. The fourth-order valence-corrected chi connectivity index (χ4v) is 5.03. The minimum atomic E-state index is -0.853. The van der Waals surface area contributed by atoms with Gasteiger partial charge in [-0.15, -0.1) is 0 Å². The summed E-state index contributed by atoms with van der Waals surface area (Å²) in [6.45, 7) is 5.81. The second-order valence-corrected chi connectivity index (χ2v) is 8.17. The number of rotatable bonds is 5. The highest BCUT2D eigenvalue weighted by atomic mass is 16.5. The number of piperidine rings is 1. The fraction of sp³-hybridized carbons (Fsp3) is 0.700. The highest BCUT2D eigenvalue weighted by Crippen LogP contribution is 2.41. The molecule has 3 heterocycles. The van der Waals surface area contributed by atoms with Crippen LogP contribution in [-0.2, 0) is 17.6 Å². The van der Waals surface area contributed by atoms with Gasteiger partial charge in [-0.1, -0.05) is 0 Å². The molecule has 26 heavy (non-hydrogen) atoms. The molecule has 1 aliphatic carbocycles. The van der Waals surface area contributed by atoms with Gasteiger partial charge in [0.1, 0.15) is 11.4 Å². The number of aromatic nitrogens is 1. The van der Waals surface area contributed by atoms with Crippen molar-refractivity contribution in [2.24, 2.45) is 5.41 Å². The number of pyridine rings is 1. The quantitative estimate of drug-likeness (QED) is 0.869. The smallest absolute Gasteiger partial charge is 0.339 e. The fourth-order valence-electron chi connectivity index (χ4n) is 5.03. The van der Waals surface area contributed by atoms with Crippen molar-refractivity contribution in [1.29, 1.82) is 0 Å². The molecule has 0 saturated carbocycles. The van der Waals surface area contributed by atoms with Crippen LogP contribution >= 0.6 is 0 Å². The molecule has 1 aromatic heterocycles. The molecule has 0 unspecified atom stereocenters. The maximum Gasteiger partial charge on any atom is 0.339 e. The Bertz CT molecular complexity index is 693. The van der Waals surface area contributed by atoms with E-state index in [0.29, 0.717) is 11.4 Å². The van der Waals surface area contributed by atoms with Gasteiger partial charge in [0.15, 0.2) is 0 Å². The molecule has 142 valence electrons. The number of methoxy groups -OCH3 is 1. The molecule has 0 radical (unpaired) electrons. The summed E-state index contributed by atoms with van der Waals surface area (Å²) in [5, 5.41) is 9.71. The van der Waals surface area contributed by atoms with Crippen LogP contribution in [0.25, 0.3) is 0 Å². The standard InChI is InChI=1S/C20H29N3O3/c1-26-11-10-22-8-3-6-20(13-22)7-9-23(14-20)18-16(19(24)25)12-15-4-2-5-17(15)21-18/h12H,2-11,13-14H2,1H3,(H,24,25)/t20-/m0/s1. The van der Waals surface area contributed by atoms with E-state index in [1.54, 1.807) is 7.11 Å². The third kappa shape index (κ3) is 3.32. The van der Waals surface area contributed by atoms with E-state index in [-0.39, 0.29) is 5.41 Å². The number of carboxylic acid groups (broad SMARTS) is 1. The van der Waals surface area contributed by atoms with Crippen molar-refractivity contribution >= 4 is 11.8 Å². The zero-order chi connectivity index (χ0) is 18.1. The van der Waals surface area contributed by atoms with E-state index < -0.39 is 5.97 Å². The lowest BCUT2D eigenvalue weighted by atomic mass is 9.79. The summed E-state index contributed by atoms with van der Waals surface area (Å²) < 4.78 is 5.24. The summed E-state index contributed by atoms with van der Waals surface area (Å²) in [7, 11) is 1.75. The molecule has 2 aliphatic heterocycles. The number of fused-ring (bicyclic) bond motifs is 1. The van der Waals surface area contributed by atoms with E-state index in [9.17, 15) is 9.90 Å². The van der Waals surface area contributed by atoms with Crippen molar-refractivity contribution in [2.45, 2.75) is 38.5 Å². The Morgan fingerprint density at radius 3 is 2.96 bits per heavy atom. The van der Waals surface area contributed by atoms with Crippen LogP contribution in [0.3, 0.4) is 0 Å². The number of likely N-dealkylation sites (tertiary alicyclic amines) is 1. The molecule has 2 fully saturated rings. The normalized spacial score (nSPS) is 25.8. The van der Waals surface area contributed by atoms with E-state index >= 15 is 0 Å². The number of aromatic carboxylic acids is 1. The molecule has 2 saturated heterocycles. The number of hydrogen-bond acceptors (Lipinski definition) is 5. The lowest BCUT2D eigenvalue weighted by molar-refractivity contribution is 0.0695. The number of carbonyl (C=O) groups is 1. The highest BCUT2D eigenvalue weighted by molar-refractivity contribution is 5.93. The average molecular weight is 359 g/mol. The summed E-state index contributed by atoms with van der Waals surface area (Å²) in [5.74, 6) is -0.155. The van der Waals surface area contributed by atoms with Gasteiger partial charge < -0.3 is 19.6 Å². The van der Waals surface area contributed by atoms with Gasteiger partial charge in [-0.25, -0.2) is 9.78 Å². The molecular weight excluding hydrogens is 330 g/mol. The predicted octanol–water partition coefficient (Wildman–Crippen LogP) is 2.21.